The topological polar surface area (TPSA) is 43.6 Å². The average Bonchev–Trinajstić information content (AvgIpc) is 2.96. The maximum atomic E-state index is 13.1. The lowest BCUT2D eigenvalue weighted by Crippen LogP contribution is -1.97. The third-order valence-corrected chi connectivity index (χ3v) is 3.42. The predicted octanol–water partition coefficient (Wildman–Crippen LogP) is 3.62. The summed E-state index contributed by atoms with van der Waals surface area (Å²) in [5.41, 5.74) is 3.76. The van der Waals surface area contributed by atoms with Gasteiger partial charge in [-0.05, 0) is 36.4 Å². The molecule has 4 aromatic rings. The molecular formula is C17H11FN4. The van der Waals surface area contributed by atoms with Gasteiger partial charge in [-0.1, -0.05) is 18.2 Å². The smallest absolute Gasteiger partial charge is 0.182 e. The van der Waals surface area contributed by atoms with Gasteiger partial charge in [0.1, 0.15) is 17.0 Å². The molecule has 0 N–H and O–H groups in total. The van der Waals surface area contributed by atoms with Gasteiger partial charge in [-0.25, -0.2) is 19.0 Å². The Morgan fingerprint density at radius 1 is 0.818 bits per heavy atom. The van der Waals surface area contributed by atoms with E-state index >= 15 is 0 Å². The van der Waals surface area contributed by atoms with E-state index in [-0.39, 0.29) is 5.82 Å². The number of fused-ring (bicyclic) bond motifs is 1. The maximum absolute atomic E-state index is 13.1. The molecule has 4 nitrogen and oxygen atoms in total. The molecule has 22 heavy (non-hydrogen) atoms. The second kappa shape index (κ2) is 5.04. The standard InChI is InChI=1S/C17H11FN4/c18-13-8-6-12(7-9-13)15-16-17(20-11-10-19-16)22(21-15)14-4-2-1-3-5-14/h1-11H. The van der Waals surface area contributed by atoms with E-state index in [0.717, 1.165) is 11.3 Å². The first-order valence-electron chi connectivity index (χ1n) is 6.84. The minimum Gasteiger partial charge on any atom is -0.249 e. The van der Waals surface area contributed by atoms with Crippen LogP contribution in [-0.4, -0.2) is 19.7 Å². The van der Waals surface area contributed by atoms with Crippen molar-refractivity contribution in [1.82, 2.24) is 19.7 Å². The Kier molecular flexibility index (Phi) is 2.89. The first-order chi connectivity index (χ1) is 10.8. The van der Waals surface area contributed by atoms with E-state index in [1.54, 1.807) is 29.2 Å². The van der Waals surface area contributed by atoms with Gasteiger partial charge in [0.25, 0.3) is 0 Å². The highest BCUT2D eigenvalue weighted by Gasteiger charge is 2.15. The summed E-state index contributed by atoms with van der Waals surface area (Å²) < 4.78 is 14.9. The minimum atomic E-state index is -0.276. The normalized spacial score (nSPS) is 11.0. The predicted molar refractivity (Wildman–Crippen MR) is 82.1 cm³/mol. The summed E-state index contributed by atoms with van der Waals surface area (Å²) in [6.07, 6.45) is 3.27. The van der Waals surface area contributed by atoms with Gasteiger partial charge in [0.05, 0.1) is 5.69 Å². The molecule has 0 radical (unpaired) electrons. The van der Waals surface area contributed by atoms with E-state index < -0.39 is 0 Å². The van der Waals surface area contributed by atoms with Gasteiger partial charge in [0.2, 0.25) is 0 Å². The molecule has 0 bridgehead atoms. The van der Waals surface area contributed by atoms with Crippen molar-refractivity contribution in [2.75, 3.05) is 0 Å². The Hall–Kier alpha value is -3.08. The number of aromatic nitrogens is 4. The van der Waals surface area contributed by atoms with Crippen molar-refractivity contribution in [3.8, 4) is 16.9 Å². The van der Waals surface area contributed by atoms with Crippen LogP contribution in [0.25, 0.3) is 28.1 Å². The molecule has 106 valence electrons. The van der Waals surface area contributed by atoms with Crippen molar-refractivity contribution in [2.45, 2.75) is 0 Å². The van der Waals surface area contributed by atoms with Crippen LogP contribution in [0.5, 0.6) is 0 Å². The number of benzene rings is 2. The summed E-state index contributed by atoms with van der Waals surface area (Å²) in [5, 5.41) is 4.63. The number of halogens is 1. The zero-order chi connectivity index (χ0) is 14.9. The molecular weight excluding hydrogens is 279 g/mol. The molecule has 0 atom stereocenters. The van der Waals surface area contributed by atoms with Gasteiger partial charge in [-0.2, -0.15) is 5.10 Å². The van der Waals surface area contributed by atoms with E-state index in [2.05, 4.69) is 15.1 Å². The monoisotopic (exact) mass is 290 g/mol. The van der Waals surface area contributed by atoms with Gasteiger partial charge < -0.3 is 0 Å². The molecule has 2 aromatic carbocycles. The molecule has 4 rings (SSSR count). The lowest BCUT2D eigenvalue weighted by molar-refractivity contribution is 0.628. The van der Waals surface area contributed by atoms with Crippen LogP contribution in [-0.2, 0) is 0 Å². The summed E-state index contributed by atoms with van der Waals surface area (Å²) in [7, 11) is 0. The molecule has 0 saturated heterocycles. The Morgan fingerprint density at radius 2 is 1.55 bits per heavy atom. The molecule has 0 spiro atoms. The lowest BCUT2D eigenvalue weighted by atomic mass is 10.1. The SMILES string of the molecule is Fc1ccc(-c2nn(-c3ccccc3)c3nccnc23)cc1. The zero-order valence-electron chi connectivity index (χ0n) is 11.5. The van der Waals surface area contributed by atoms with Crippen molar-refractivity contribution in [2.24, 2.45) is 0 Å². The molecule has 0 unspecified atom stereocenters. The van der Waals surface area contributed by atoms with Crippen LogP contribution in [0.15, 0.2) is 67.0 Å². The average molecular weight is 290 g/mol. The van der Waals surface area contributed by atoms with Crippen molar-refractivity contribution < 1.29 is 4.39 Å². The lowest BCUT2D eigenvalue weighted by Gasteiger charge is -2.01. The summed E-state index contributed by atoms with van der Waals surface area (Å²) in [6, 6.07) is 16.0. The van der Waals surface area contributed by atoms with Crippen LogP contribution in [0, 0.1) is 5.82 Å². The fourth-order valence-corrected chi connectivity index (χ4v) is 2.40. The van der Waals surface area contributed by atoms with E-state index in [4.69, 9.17) is 0 Å². The van der Waals surface area contributed by atoms with Crippen LogP contribution >= 0.6 is 0 Å². The van der Waals surface area contributed by atoms with Gasteiger partial charge in [-0.15, -0.1) is 0 Å². The first-order valence-corrected chi connectivity index (χ1v) is 6.84. The number of hydrogen-bond donors (Lipinski definition) is 0. The molecule has 5 heteroatoms. The van der Waals surface area contributed by atoms with Gasteiger partial charge in [-0.3, -0.25) is 0 Å². The van der Waals surface area contributed by atoms with Gasteiger partial charge >= 0.3 is 0 Å². The largest absolute Gasteiger partial charge is 0.249 e. The molecule has 0 aliphatic rings. The highest BCUT2D eigenvalue weighted by atomic mass is 19.1. The second-order valence-electron chi connectivity index (χ2n) is 4.83. The Labute approximate surface area is 125 Å². The van der Waals surface area contributed by atoms with Crippen molar-refractivity contribution >= 4 is 11.2 Å². The third-order valence-electron chi connectivity index (χ3n) is 3.42. The molecule has 0 amide bonds. The summed E-state index contributed by atoms with van der Waals surface area (Å²) >= 11 is 0. The third kappa shape index (κ3) is 2.03. The van der Waals surface area contributed by atoms with E-state index in [1.165, 1.54) is 12.1 Å². The van der Waals surface area contributed by atoms with Crippen LogP contribution < -0.4 is 0 Å². The van der Waals surface area contributed by atoms with Crippen LogP contribution in [0.2, 0.25) is 0 Å². The van der Waals surface area contributed by atoms with Gasteiger partial charge in [0.15, 0.2) is 5.65 Å². The van der Waals surface area contributed by atoms with Crippen molar-refractivity contribution in [3.63, 3.8) is 0 Å². The zero-order valence-corrected chi connectivity index (χ0v) is 11.5. The van der Waals surface area contributed by atoms with Crippen LogP contribution in [0.3, 0.4) is 0 Å². The fraction of sp³-hybridized carbons (Fsp3) is 0. The Morgan fingerprint density at radius 3 is 2.32 bits per heavy atom. The molecule has 2 heterocycles. The summed E-state index contributed by atoms with van der Waals surface area (Å²) in [4.78, 5) is 8.77. The number of rotatable bonds is 2. The Balaban J connectivity index is 1.99. The van der Waals surface area contributed by atoms with Crippen molar-refractivity contribution in [1.29, 1.82) is 0 Å². The number of para-hydroxylation sites is 1. The van der Waals surface area contributed by atoms with Crippen molar-refractivity contribution in [3.05, 3.63) is 72.8 Å². The molecule has 0 aliphatic heterocycles. The number of nitrogens with zero attached hydrogens (tertiary/aromatic N) is 4. The molecule has 0 fully saturated rings. The van der Waals surface area contributed by atoms with E-state index in [1.807, 2.05) is 30.3 Å². The van der Waals surface area contributed by atoms with Gasteiger partial charge in [0, 0.05) is 18.0 Å². The Bertz CT molecular complexity index is 930. The first kappa shape index (κ1) is 12.6. The minimum absolute atomic E-state index is 0.276. The summed E-state index contributed by atoms with van der Waals surface area (Å²) in [5.74, 6) is -0.276. The van der Waals surface area contributed by atoms with E-state index in [9.17, 15) is 4.39 Å². The van der Waals surface area contributed by atoms with Crippen LogP contribution in [0.4, 0.5) is 4.39 Å². The molecule has 0 aliphatic carbocycles. The van der Waals surface area contributed by atoms with E-state index in [0.29, 0.717) is 16.9 Å². The quantitative estimate of drug-likeness (QED) is 0.566. The fourth-order valence-electron chi connectivity index (χ4n) is 2.40. The maximum Gasteiger partial charge on any atom is 0.182 e. The molecule has 0 saturated carbocycles. The van der Waals surface area contributed by atoms with Crippen LogP contribution in [0.1, 0.15) is 0 Å². The summed E-state index contributed by atoms with van der Waals surface area (Å²) in [6.45, 7) is 0. The number of hydrogen-bond acceptors (Lipinski definition) is 3. The second-order valence-corrected chi connectivity index (χ2v) is 4.83. The highest BCUT2D eigenvalue weighted by molar-refractivity contribution is 5.88. The highest BCUT2D eigenvalue weighted by Crippen LogP contribution is 2.27. The molecule has 2 aromatic heterocycles.